The molecule has 0 aliphatic rings. The zero-order valence-electron chi connectivity index (χ0n) is 10.9. The summed E-state index contributed by atoms with van der Waals surface area (Å²) in [6, 6.07) is 9.61. The molecule has 8 nitrogen and oxygen atoms in total. The molecule has 4 N–H and O–H groups in total. The molecule has 3 rings (SSSR count). The quantitative estimate of drug-likeness (QED) is 0.656. The Bertz CT molecular complexity index is 732. The first-order valence-corrected chi connectivity index (χ1v) is 6.19. The number of nitrogen functional groups attached to an aromatic ring is 1. The summed E-state index contributed by atoms with van der Waals surface area (Å²) >= 11 is 0. The second kappa shape index (κ2) is 5.45. The minimum atomic E-state index is -0.425. The molecule has 0 spiro atoms. The second-order valence-corrected chi connectivity index (χ2v) is 4.35. The van der Waals surface area contributed by atoms with E-state index in [0.29, 0.717) is 6.54 Å². The van der Waals surface area contributed by atoms with E-state index in [0.717, 1.165) is 16.8 Å². The van der Waals surface area contributed by atoms with E-state index < -0.39 is 5.91 Å². The third-order valence-corrected chi connectivity index (χ3v) is 2.95. The van der Waals surface area contributed by atoms with Crippen LogP contribution in [-0.2, 0) is 6.54 Å². The molecule has 0 unspecified atom stereocenters. The van der Waals surface area contributed by atoms with E-state index >= 15 is 0 Å². The Morgan fingerprint density at radius 1 is 1.24 bits per heavy atom. The van der Waals surface area contributed by atoms with E-state index in [2.05, 4.69) is 30.5 Å². The van der Waals surface area contributed by atoms with Gasteiger partial charge in [-0.3, -0.25) is 9.89 Å². The van der Waals surface area contributed by atoms with Crippen LogP contribution in [0, 0.1) is 0 Å². The lowest BCUT2D eigenvalue weighted by Gasteiger charge is -2.04. The summed E-state index contributed by atoms with van der Waals surface area (Å²) in [7, 11) is 0. The molecular formula is C13H12N6O2. The SMILES string of the molecule is Nc1nonc1C(=O)NCc1ccc(-c2ccn[nH]2)cc1. The van der Waals surface area contributed by atoms with Gasteiger partial charge in [-0.15, -0.1) is 0 Å². The van der Waals surface area contributed by atoms with Crippen LogP contribution in [0.15, 0.2) is 41.2 Å². The molecule has 1 amide bonds. The van der Waals surface area contributed by atoms with Crippen molar-refractivity contribution >= 4 is 11.7 Å². The minimum absolute atomic E-state index is 0.0101. The zero-order chi connectivity index (χ0) is 14.7. The Labute approximate surface area is 119 Å². The van der Waals surface area contributed by atoms with Crippen LogP contribution in [0.5, 0.6) is 0 Å². The summed E-state index contributed by atoms with van der Waals surface area (Å²) in [6.45, 7) is 0.356. The standard InChI is InChI=1S/C13H12N6O2/c14-12-11(18-21-19-12)13(20)15-7-8-1-3-9(4-2-8)10-5-6-16-17-10/h1-6H,7H2,(H2,14,19)(H,15,20)(H,16,17). The van der Waals surface area contributed by atoms with E-state index in [4.69, 9.17) is 5.73 Å². The molecule has 106 valence electrons. The van der Waals surface area contributed by atoms with E-state index in [1.54, 1.807) is 6.20 Å². The lowest BCUT2D eigenvalue weighted by atomic mass is 10.1. The zero-order valence-corrected chi connectivity index (χ0v) is 10.9. The first-order valence-electron chi connectivity index (χ1n) is 6.19. The third-order valence-electron chi connectivity index (χ3n) is 2.95. The number of carbonyl (C=O) groups is 1. The van der Waals surface area contributed by atoms with Crippen LogP contribution in [0.4, 0.5) is 5.82 Å². The Morgan fingerprint density at radius 2 is 2.05 bits per heavy atom. The van der Waals surface area contributed by atoms with Crippen molar-refractivity contribution in [3.63, 3.8) is 0 Å². The Hall–Kier alpha value is -3.16. The lowest BCUT2D eigenvalue weighted by Crippen LogP contribution is -2.24. The molecule has 0 aliphatic carbocycles. The number of benzene rings is 1. The number of aromatic nitrogens is 4. The highest BCUT2D eigenvalue weighted by Gasteiger charge is 2.15. The van der Waals surface area contributed by atoms with Gasteiger partial charge >= 0.3 is 0 Å². The molecular weight excluding hydrogens is 272 g/mol. The Balaban J connectivity index is 1.64. The fraction of sp³-hybridized carbons (Fsp3) is 0.0769. The number of aromatic amines is 1. The normalized spacial score (nSPS) is 10.5. The maximum atomic E-state index is 11.8. The number of rotatable bonds is 4. The van der Waals surface area contributed by atoms with Gasteiger partial charge in [-0.1, -0.05) is 24.3 Å². The number of carbonyl (C=O) groups excluding carboxylic acids is 1. The summed E-state index contributed by atoms with van der Waals surface area (Å²) < 4.78 is 4.38. The first-order chi connectivity index (χ1) is 10.2. The highest BCUT2D eigenvalue weighted by atomic mass is 16.6. The first kappa shape index (κ1) is 12.9. The largest absolute Gasteiger partial charge is 0.379 e. The number of hydrogen-bond acceptors (Lipinski definition) is 6. The number of nitrogens with zero attached hydrogens (tertiary/aromatic N) is 3. The van der Waals surface area contributed by atoms with Crippen molar-refractivity contribution in [1.29, 1.82) is 0 Å². The van der Waals surface area contributed by atoms with Gasteiger partial charge in [0.25, 0.3) is 5.91 Å². The smallest absolute Gasteiger partial charge is 0.277 e. The molecule has 0 saturated heterocycles. The molecule has 0 bridgehead atoms. The summed E-state index contributed by atoms with van der Waals surface area (Å²) in [5.74, 6) is -0.450. The van der Waals surface area contributed by atoms with Gasteiger partial charge in [0.2, 0.25) is 11.5 Å². The van der Waals surface area contributed by atoms with E-state index in [1.165, 1.54) is 0 Å². The van der Waals surface area contributed by atoms with Crippen LogP contribution in [0.2, 0.25) is 0 Å². The van der Waals surface area contributed by atoms with Crippen molar-refractivity contribution in [3.8, 4) is 11.3 Å². The number of anilines is 1. The lowest BCUT2D eigenvalue weighted by molar-refractivity contribution is 0.0941. The molecule has 0 aliphatic heterocycles. The molecule has 1 aromatic carbocycles. The van der Waals surface area contributed by atoms with E-state index in [1.807, 2.05) is 30.3 Å². The maximum absolute atomic E-state index is 11.8. The summed E-state index contributed by atoms with van der Waals surface area (Å²) in [4.78, 5) is 11.8. The monoisotopic (exact) mass is 284 g/mol. The van der Waals surface area contributed by atoms with Crippen molar-refractivity contribution in [2.45, 2.75) is 6.54 Å². The molecule has 2 aromatic heterocycles. The van der Waals surface area contributed by atoms with Crippen LogP contribution in [0.3, 0.4) is 0 Å². The number of amides is 1. The number of nitrogens with one attached hydrogen (secondary N) is 2. The highest BCUT2D eigenvalue weighted by Crippen LogP contribution is 2.16. The van der Waals surface area contributed by atoms with Gasteiger partial charge in [0, 0.05) is 12.7 Å². The van der Waals surface area contributed by atoms with Crippen LogP contribution < -0.4 is 11.1 Å². The molecule has 0 radical (unpaired) electrons. The average molecular weight is 284 g/mol. The van der Waals surface area contributed by atoms with Crippen molar-refractivity contribution in [1.82, 2.24) is 25.8 Å². The molecule has 2 heterocycles. The third kappa shape index (κ3) is 2.73. The van der Waals surface area contributed by atoms with Gasteiger partial charge in [0.1, 0.15) is 0 Å². The second-order valence-electron chi connectivity index (χ2n) is 4.35. The minimum Gasteiger partial charge on any atom is -0.379 e. The predicted molar refractivity (Wildman–Crippen MR) is 73.9 cm³/mol. The van der Waals surface area contributed by atoms with Gasteiger partial charge in [-0.05, 0) is 27.5 Å². The summed E-state index contributed by atoms with van der Waals surface area (Å²) in [5, 5.41) is 16.3. The van der Waals surface area contributed by atoms with Gasteiger partial charge in [0.15, 0.2) is 0 Å². The fourth-order valence-corrected chi connectivity index (χ4v) is 1.84. The highest BCUT2D eigenvalue weighted by molar-refractivity contribution is 5.95. The molecule has 0 saturated carbocycles. The maximum Gasteiger partial charge on any atom is 0.277 e. The topological polar surface area (TPSA) is 123 Å². The molecule has 8 heteroatoms. The summed E-state index contributed by atoms with van der Waals surface area (Å²) in [5.41, 5.74) is 8.34. The van der Waals surface area contributed by atoms with Gasteiger partial charge < -0.3 is 11.1 Å². The Morgan fingerprint density at radius 3 is 2.67 bits per heavy atom. The number of nitrogens with two attached hydrogens (primary N) is 1. The molecule has 3 aromatic rings. The van der Waals surface area contributed by atoms with Crippen molar-refractivity contribution < 1.29 is 9.42 Å². The Kier molecular flexibility index (Phi) is 3.34. The number of hydrogen-bond donors (Lipinski definition) is 3. The van der Waals surface area contributed by atoms with Crippen LogP contribution in [0.25, 0.3) is 11.3 Å². The van der Waals surface area contributed by atoms with E-state index in [9.17, 15) is 4.79 Å². The molecule has 0 atom stereocenters. The van der Waals surface area contributed by atoms with Crippen molar-refractivity contribution in [2.75, 3.05) is 5.73 Å². The molecule has 0 fully saturated rings. The fourth-order valence-electron chi connectivity index (χ4n) is 1.84. The van der Waals surface area contributed by atoms with Crippen molar-refractivity contribution in [2.24, 2.45) is 0 Å². The van der Waals surface area contributed by atoms with Gasteiger partial charge in [-0.2, -0.15) is 5.10 Å². The molecule has 21 heavy (non-hydrogen) atoms. The van der Waals surface area contributed by atoms with Gasteiger partial charge in [0.05, 0.1) is 5.69 Å². The average Bonchev–Trinajstić information content (AvgIpc) is 3.16. The van der Waals surface area contributed by atoms with E-state index in [-0.39, 0.29) is 11.5 Å². The van der Waals surface area contributed by atoms with Crippen LogP contribution >= 0.6 is 0 Å². The summed E-state index contributed by atoms with van der Waals surface area (Å²) in [6.07, 6.45) is 1.69. The van der Waals surface area contributed by atoms with Gasteiger partial charge in [-0.25, -0.2) is 4.63 Å². The van der Waals surface area contributed by atoms with Crippen LogP contribution in [0.1, 0.15) is 16.1 Å². The van der Waals surface area contributed by atoms with Crippen molar-refractivity contribution in [3.05, 3.63) is 47.8 Å². The van der Waals surface area contributed by atoms with Crippen LogP contribution in [-0.4, -0.2) is 26.4 Å². The number of H-pyrrole nitrogens is 1. The predicted octanol–water partition coefficient (Wildman–Crippen LogP) is 0.972.